The first-order valence-electron chi connectivity index (χ1n) is 6.21. The molecule has 0 unspecified atom stereocenters. The molecule has 19 heavy (non-hydrogen) atoms. The molecule has 5 heteroatoms. The number of rotatable bonds is 4. The molecule has 0 saturated heterocycles. The van der Waals surface area contributed by atoms with Gasteiger partial charge in [0.25, 0.3) is 5.91 Å². The lowest BCUT2D eigenvalue weighted by Gasteiger charge is -2.16. The van der Waals surface area contributed by atoms with Gasteiger partial charge in [-0.3, -0.25) is 9.59 Å². The number of nitrogens with zero attached hydrogens (tertiary/aromatic N) is 1. The summed E-state index contributed by atoms with van der Waals surface area (Å²) in [7, 11) is 1.62. The summed E-state index contributed by atoms with van der Waals surface area (Å²) in [6, 6.07) is 7.40. The number of aromatic nitrogens is 1. The molecule has 0 fully saturated rings. The molecule has 0 atom stereocenters. The second kappa shape index (κ2) is 5.56. The third-order valence-electron chi connectivity index (χ3n) is 2.90. The summed E-state index contributed by atoms with van der Waals surface area (Å²) >= 11 is 0. The van der Waals surface area contributed by atoms with Crippen LogP contribution >= 0.6 is 0 Å². The van der Waals surface area contributed by atoms with Gasteiger partial charge in [0.1, 0.15) is 0 Å². The zero-order chi connectivity index (χ0) is 13.8. The fourth-order valence-electron chi connectivity index (χ4n) is 1.94. The van der Waals surface area contributed by atoms with Crippen molar-refractivity contribution in [3.63, 3.8) is 0 Å². The fourth-order valence-corrected chi connectivity index (χ4v) is 1.94. The second-order valence-electron chi connectivity index (χ2n) is 4.39. The SMILES string of the molecule is CCNC(=O)CN(C)C(=O)c1ccc2cc[nH]c2c1. The van der Waals surface area contributed by atoms with Crippen molar-refractivity contribution in [1.82, 2.24) is 15.2 Å². The van der Waals surface area contributed by atoms with Crippen LogP contribution < -0.4 is 5.32 Å². The van der Waals surface area contributed by atoms with Crippen molar-refractivity contribution in [3.05, 3.63) is 36.0 Å². The summed E-state index contributed by atoms with van der Waals surface area (Å²) in [5.41, 5.74) is 1.49. The van der Waals surface area contributed by atoms with E-state index in [4.69, 9.17) is 0 Å². The van der Waals surface area contributed by atoms with Crippen molar-refractivity contribution >= 4 is 22.7 Å². The van der Waals surface area contributed by atoms with Crippen molar-refractivity contribution in [2.24, 2.45) is 0 Å². The monoisotopic (exact) mass is 259 g/mol. The summed E-state index contributed by atoms with van der Waals surface area (Å²) in [5.74, 6) is -0.318. The first kappa shape index (κ1) is 13.1. The molecule has 0 saturated carbocycles. The van der Waals surface area contributed by atoms with Crippen LogP contribution in [0.5, 0.6) is 0 Å². The highest BCUT2D eigenvalue weighted by Gasteiger charge is 2.14. The van der Waals surface area contributed by atoms with E-state index in [1.807, 2.05) is 25.3 Å². The van der Waals surface area contributed by atoms with Gasteiger partial charge < -0.3 is 15.2 Å². The van der Waals surface area contributed by atoms with Gasteiger partial charge in [0.15, 0.2) is 0 Å². The van der Waals surface area contributed by atoms with E-state index < -0.39 is 0 Å². The molecule has 0 spiro atoms. The average molecular weight is 259 g/mol. The van der Waals surface area contributed by atoms with Crippen molar-refractivity contribution in [2.75, 3.05) is 20.1 Å². The van der Waals surface area contributed by atoms with Crippen LogP contribution in [0.2, 0.25) is 0 Å². The molecule has 2 amide bonds. The summed E-state index contributed by atoms with van der Waals surface area (Å²) in [6.45, 7) is 2.48. The van der Waals surface area contributed by atoms with Gasteiger partial charge in [-0.1, -0.05) is 6.07 Å². The van der Waals surface area contributed by atoms with Crippen LogP contribution in [0.3, 0.4) is 0 Å². The summed E-state index contributed by atoms with van der Waals surface area (Å²) in [4.78, 5) is 28.1. The van der Waals surface area contributed by atoms with Crippen molar-refractivity contribution in [3.8, 4) is 0 Å². The number of H-pyrrole nitrogens is 1. The summed E-state index contributed by atoms with van der Waals surface area (Å²) in [6.07, 6.45) is 1.83. The van der Waals surface area contributed by atoms with E-state index in [9.17, 15) is 9.59 Å². The van der Waals surface area contributed by atoms with Crippen LogP contribution in [0.4, 0.5) is 0 Å². The number of hydrogen-bond donors (Lipinski definition) is 2. The quantitative estimate of drug-likeness (QED) is 0.871. The third-order valence-corrected chi connectivity index (χ3v) is 2.90. The minimum atomic E-state index is -0.164. The maximum Gasteiger partial charge on any atom is 0.254 e. The highest BCUT2D eigenvalue weighted by molar-refractivity contribution is 5.99. The van der Waals surface area contributed by atoms with E-state index in [1.165, 1.54) is 4.90 Å². The lowest BCUT2D eigenvalue weighted by Crippen LogP contribution is -2.38. The van der Waals surface area contributed by atoms with E-state index >= 15 is 0 Å². The Bertz CT molecular complexity index is 604. The summed E-state index contributed by atoms with van der Waals surface area (Å²) in [5, 5.41) is 3.73. The molecule has 0 aliphatic rings. The van der Waals surface area contributed by atoms with E-state index in [1.54, 1.807) is 19.2 Å². The molecular formula is C14H17N3O2. The fraction of sp³-hybridized carbons (Fsp3) is 0.286. The Morgan fingerprint density at radius 2 is 2.11 bits per heavy atom. The van der Waals surface area contributed by atoms with E-state index in [-0.39, 0.29) is 18.4 Å². The van der Waals surface area contributed by atoms with Gasteiger partial charge >= 0.3 is 0 Å². The highest BCUT2D eigenvalue weighted by atomic mass is 16.2. The molecule has 1 heterocycles. The maximum absolute atomic E-state index is 12.2. The van der Waals surface area contributed by atoms with Gasteiger partial charge in [-0.2, -0.15) is 0 Å². The predicted octanol–water partition coefficient (Wildman–Crippen LogP) is 1.38. The van der Waals surface area contributed by atoms with Crippen LogP contribution in [-0.4, -0.2) is 41.8 Å². The molecule has 0 radical (unpaired) electrons. The Morgan fingerprint density at radius 1 is 1.32 bits per heavy atom. The van der Waals surface area contributed by atoms with Crippen LogP contribution in [0.1, 0.15) is 17.3 Å². The zero-order valence-electron chi connectivity index (χ0n) is 11.1. The zero-order valence-corrected chi connectivity index (χ0v) is 11.1. The number of hydrogen-bond acceptors (Lipinski definition) is 2. The topological polar surface area (TPSA) is 65.2 Å². The Balaban J connectivity index is 2.11. The number of nitrogens with one attached hydrogen (secondary N) is 2. The van der Waals surface area contributed by atoms with E-state index in [2.05, 4.69) is 10.3 Å². The Labute approximate surface area is 111 Å². The minimum Gasteiger partial charge on any atom is -0.361 e. The Hall–Kier alpha value is -2.30. The number of amides is 2. The lowest BCUT2D eigenvalue weighted by molar-refractivity contribution is -0.121. The van der Waals surface area contributed by atoms with Gasteiger partial charge in [-0.15, -0.1) is 0 Å². The maximum atomic E-state index is 12.2. The van der Waals surface area contributed by atoms with Crippen molar-refractivity contribution < 1.29 is 9.59 Å². The summed E-state index contributed by atoms with van der Waals surface area (Å²) < 4.78 is 0. The molecule has 0 aliphatic heterocycles. The molecule has 2 rings (SSSR count). The van der Waals surface area contributed by atoms with Gasteiger partial charge in [-0.05, 0) is 30.5 Å². The molecule has 1 aromatic carbocycles. The van der Waals surface area contributed by atoms with Crippen molar-refractivity contribution in [1.29, 1.82) is 0 Å². The number of aromatic amines is 1. The third kappa shape index (κ3) is 2.93. The number of likely N-dealkylation sites (N-methyl/N-ethyl adjacent to an activating group) is 2. The van der Waals surface area contributed by atoms with Crippen LogP contribution in [0.25, 0.3) is 10.9 Å². The van der Waals surface area contributed by atoms with E-state index in [0.717, 1.165) is 10.9 Å². The molecule has 0 bridgehead atoms. The van der Waals surface area contributed by atoms with Crippen LogP contribution in [0.15, 0.2) is 30.5 Å². The van der Waals surface area contributed by atoms with Gasteiger partial charge in [0.05, 0.1) is 6.54 Å². The Kier molecular flexibility index (Phi) is 3.85. The first-order valence-corrected chi connectivity index (χ1v) is 6.21. The second-order valence-corrected chi connectivity index (χ2v) is 4.39. The largest absolute Gasteiger partial charge is 0.361 e. The van der Waals surface area contributed by atoms with Crippen LogP contribution in [-0.2, 0) is 4.79 Å². The minimum absolute atomic E-state index is 0.0649. The molecule has 0 aliphatic carbocycles. The smallest absolute Gasteiger partial charge is 0.254 e. The Morgan fingerprint density at radius 3 is 2.84 bits per heavy atom. The standard InChI is InChI=1S/C14H17N3O2/c1-3-15-13(18)9-17(2)14(19)11-5-4-10-6-7-16-12(10)8-11/h4-8,16H,3,9H2,1-2H3,(H,15,18). The van der Waals surface area contributed by atoms with E-state index in [0.29, 0.717) is 12.1 Å². The number of carbonyl (C=O) groups is 2. The molecule has 1 aromatic heterocycles. The normalized spacial score (nSPS) is 10.4. The number of benzene rings is 1. The molecule has 100 valence electrons. The molecular weight excluding hydrogens is 242 g/mol. The molecule has 2 N–H and O–H groups in total. The molecule has 5 nitrogen and oxygen atoms in total. The molecule has 2 aromatic rings. The van der Waals surface area contributed by atoms with Gasteiger partial charge in [0.2, 0.25) is 5.91 Å². The predicted molar refractivity (Wildman–Crippen MR) is 73.9 cm³/mol. The number of fused-ring (bicyclic) bond motifs is 1. The highest BCUT2D eigenvalue weighted by Crippen LogP contribution is 2.15. The first-order chi connectivity index (χ1) is 9.11. The lowest BCUT2D eigenvalue weighted by atomic mass is 10.1. The van der Waals surface area contributed by atoms with Crippen molar-refractivity contribution in [2.45, 2.75) is 6.92 Å². The van der Waals surface area contributed by atoms with Gasteiger partial charge in [0, 0.05) is 30.9 Å². The number of carbonyl (C=O) groups excluding carboxylic acids is 2. The average Bonchev–Trinajstić information content (AvgIpc) is 2.85. The van der Waals surface area contributed by atoms with Crippen LogP contribution in [0, 0.1) is 0 Å². The van der Waals surface area contributed by atoms with Gasteiger partial charge in [-0.25, -0.2) is 0 Å².